The van der Waals surface area contributed by atoms with E-state index in [-0.39, 0.29) is 0 Å². The number of nitrogens with one attached hydrogen (secondary N) is 1. The Morgan fingerprint density at radius 3 is 2.21 bits per heavy atom. The second-order valence-corrected chi connectivity index (χ2v) is 3.76. The molecule has 0 fully saturated rings. The van der Waals surface area contributed by atoms with E-state index in [4.69, 9.17) is 0 Å². The van der Waals surface area contributed by atoms with Crippen molar-refractivity contribution in [3.8, 4) is 0 Å². The number of aliphatic carboxylic acids is 1. The maximum Gasteiger partial charge on any atom is 0.324 e. The van der Waals surface area contributed by atoms with Gasteiger partial charge in [-0.25, -0.2) is 0 Å². The average Bonchev–Trinajstić information content (AvgIpc) is 2.57. The summed E-state index contributed by atoms with van der Waals surface area (Å²) in [7, 11) is 1.71. The van der Waals surface area contributed by atoms with E-state index in [2.05, 4.69) is 5.32 Å². The third-order valence-electron chi connectivity index (χ3n) is 2.99. The quantitative estimate of drug-likeness (QED) is 0.728. The summed E-state index contributed by atoms with van der Waals surface area (Å²) in [4.78, 5) is 11.2. The van der Waals surface area contributed by atoms with E-state index in [1.165, 1.54) is 0 Å². The fraction of sp³-hybridized carbons (Fsp3) is 0.364. The third-order valence-corrected chi connectivity index (χ3v) is 2.99. The van der Waals surface area contributed by atoms with Gasteiger partial charge in [0.05, 0.1) is 0 Å². The molecular formula is C11H13NO2. The Balaban J connectivity index is 2.37. The molecule has 1 aliphatic rings. The van der Waals surface area contributed by atoms with Crippen molar-refractivity contribution in [2.75, 3.05) is 7.05 Å². The predicted molar refractivity (Wildman–Crippen MR) is 53.3 cm³/mol. The van der Waals surface area contributed by atoms with E-state index in [0.717, 1.165) is 11.1 Å². The maximum atomic E-state index is 11.2. The normalized spacial score (nSPS) is 17.8. The van der Waals surface area contributed by atoms with Gasteiger partial charge in [0.2, 0.25) is 0 Å². The molecule has 1 aliphatic carbocycles. The summed E-state index contributed by atoms with van der Waals surface area (Å²) in [5.74, 6) is -0.767. The Morgan fingerprint density at radius 2 is 1.86 bits per heavy atom. The molecule has 0 amide bonds. The fourth-order valence-corrected chi connectivity index (χ4v) is 2.05. The van der Waals surface area contributed by atoms with Crippen molar-refractivity contribution in [1.82, 2.24) is 5.32 Å². The summed E-state index contributed by atoms with van der Waals surface area (Å²) < 4.78 is 0. The molecule has 1 aromatic rings. The topological polar surface area (TPSA) is 49.3 Å². The lowest BCUT2D eigenvalue weighted by molar-refractivity contribution is -0.144. The van der Waals surface area contributed by atoms with Crippen molar-refractivity contribution < 1.29 is 9.90 Å². The number of hydrogen-bond donors (Lipinski definition) is 2. The molecule has 0 heterocycles. The van der Waals surface area contributed by atoms with Crippen LogP contribution in [0, 0.1) is 0 Å². The predicted octanol–water partition coefficient (Wildman–Crippen LogP) is 0.828. The minimum atomic E-state index is -0.788. The first kappa shape index (κ1) is 9.21. The summed E-state index contributed by atoms with van der Waals surface area (Å²) in [5, 5.41) is 12.1. The first-order valence-corrected chi connectivity index (χ1v) is 4.67. The van der Waals surface area contributed by atoms with Crippen LogP contribution in [0.4, 0.5) is 0 Å². The van der Waals surface area contributed by atoms with Crippen LogP contribution >= 0.6 is 0 Å². The van der Waals surface area contributed by atoms with Gasteiger partial charge in [0, 0.05) is 12.8 Å². The van der Waals surface area contributed by atoms with Crippen LogP contribution in [0.25, 0.3) is 0 Å². The minimum absolute atomic E-state index is 0.578. The Hall–Kier alpha value is -1.35. The maximum absolute atomic E-state index is 11.2. The van der Waals surface area contributed by atoms with Gasteiger partial charge in [-0.15, -0.1) is 0 Å². The minimum Gasteiger partial charge on any atom is -0.480 e. The summed E-state index contributed by atoms with van der Waals surface area (Å²) in [6, 6.07) is 7.90. The van der Waals surface area contributed by atoms with Crippen LogP contribution in [0.1, 0.15) is 11.1 Å². The van der Waals surface area contributed by atoms with Crippen LogP contribution in [-0.4, -0.2) is 23.7 Å². The molecule has 0 saturated carbocycles. The lowest BCUT2D eigenvalue weighted by Crippen LogP contribution is -2.51. The van der Waals surface area contributed by atoms with Gasteiger partial charge in [0.25, 0.3) is 0 Å². The summed E-state index contributed by atoms with van der Waals surface area (Å²) in [5.41, 5.74) is 1.50. The number of fused-ring (bicyclic) bond motifs is 1. The highest BCUT2D eigenvalue weighted by Crippen LogP contribution is 2.29. The number of carboxylic acids is 1. The van der Waals surface area contributed by atoms with Gasteiger partial charge in [-0.3, -0.25) is 4.79 Å². The fourth-order valence-electron chi connectivity index (χ4n) is 2.05. The van der Waals surface area contributed by atoms with Crippen LogP contribution in [0.5, 0.6) is 0 Å². The van der Waals surface area contributed by atoms with Gasteiger partial charge < -0.3 is 10.4 Å². The zero-order chi connectivity index (χ0) is 10.2. The van der Waals surface area contributed by atoms with Crippen LogP contribution in [-0.2, 0) is 17.6 Å². The second-order valence-electron chi connectivity index (χ2n) is 3.76. The number of hydrogen-bond acceptors (Lipinski definition) is 2. The molecule has 3 heteroatoms. The highest BCUT2D eigenvalue weighted by molar-refractivity contribution is 5.81. The zero-order valence-corrected chi connectivity index (χ0v) is 8.08. The number of rotatable bonds is 2. The van der Waals surface area contributed by atoms with Crippen LogP contribution in [0.2, 0.25) is 0 Å². The van der Waals surface area contributed by atoms with Gasteiger partial charge >= 0.3 is 5.97 Å². The second kappa shape index (κ2) is 3.10. The van der Waals surface area contributed by atoms with Gasteiger partial charge in [-0.2, -0.15) is 0 Å². The molecule has 1 aromatic carbocycles. The van der Waals surface area contributed by atoms with Crippen molar-refractivity contribution in [1.29, 1.82) is 0 Å². The highest BCUT2D eigenvalue weighted by Gasteiger charge is 2.42. The molecule has 0 radical (unpaired) electrons. The lowest BCUT2D eigenvalue weighted by atomic mass is 9.96. The van der Waals surface area contributed by atoms with Crippen molar-refractivity contribution in [2.24, 2.45) is 0 Å². The van der Waals surface area contributed by atoms with Gasteiger partial charge in [-0.1, -0.05) is 24.3 Å². The number of carboxylic acid groups (broad SMARTS) is 1. The molecule has 0 spiro atoms. The van der Waals surface area contributed by atoms with Gasteiger partial charge in [-0.05, 0) is 18.2 Å². The molecule has 0 saturated heterocycles. The smallest absolute Gasteiger partial charge is 0.324 e. The van der Waals surface area contributed by atoms with Crippen molar-refractivity contribution in [3.63, 3.8) is 0 Å². The first-order valence-electron chi connectivity index (χ1n) is 4.67. The molecule has 0 bridgehead atoms. The monoisotopic (exact) mass is 191 g/mol. The zero-order valence-electron chi connectivity index (χ0n) is 8.08. The average molecular weight is 191 g/mol. The number of benzene rings is 1. The summed E-state index contributed by atoms with van der Waals surface area (Å²) in [6.07, 6.45) is 1.16. The van der Waals surface area contributed by atoms with E-state index in [0.29, 0.717) is 12.8 Å². The SMILES string of the molecule is CNC1(C(=O)O)Cc2ccccc2C1. The molecule has 0 aromatic heterocycles. The summed E-state index contributed by atoms with van der Waals surface area (Å²) >= 11 is 0. The van der Waals surface area contributed by atoms with Gasteiger partial charge in [0.1, 0.15) is 5.54 Å². The van der Waals surface area contributed by atoms with Crippen LogP contribution in [0.15, 0.2) is 24.3 Å². The molecule has 0 unspecified atom stereocenters. The van der Waals surface area contributed by atoms with Crippen molar-refractivity contribution >= 4 is 5.97 Å². The third kappa shape index (κ3) is 1.21. The van der Waals surface area contributed by atoms with E-state index < -0.39 is 11.5 Å². The van der Waals surface area contributed by atoms with Crippen molar-refractivity contribution in [3.05, 3.63) is 35.4 Å². The Morgan fingerprint density at radius 1 is 1.36 bits per heavy atom. The van der Waals surface area contributed by atoms with E-state index in [1.807, 2.05) is 24.3 Å². The summed E-state index contributed by atoms with van der Waals surface area (Å²) in [6.45, 7) is 0. The molecule has 74 valence electrons. The Kier molecular flexibility index (Phi) is 2.04. The number of likely N-dealkylation sites (N-methyl/N-ethyl adjacent to an activating group) is 1. The molecule has 0 atom stereocenters. The standard InChI is InChI=1S/C11H13NO2/c1-12-11(10(13)14)6-8-4-2-3-5-9(8)7-11/h2-5,12H,6-7H2,1H3,(H,13,14). The van der Waals surface area contributed by atoms with Gasteiger partial charge in [0.15, 0.2) is 0 Å². The van der Waals surface area contributed by atoms with E-state index in [9.17, 15) is 9.90 Å². The first-order chi connectivity index (χ1) is 6.68. The Bertz CT molecular complexity index is 348. The largest absolute Gasteiger partial charge is 0.480 e. The number of carbonyl (C=O) groups is 1. The molecule has 2 N–H and O–H groups in total. The van der Waals surface area contributed by atoms with Crippen molar-refractivity contribution in [2.45, 2.75) is 18.4 Å². The van der Waals surface area contributed by atoms with Crippen LogP contribution in [0.3, 0.4) is 0 Å². The molecule has 3 nitrogen and oxygen atoms in total. The molecular weight excluding hydrogens is 178 g/mol. The van der Waals surface area contributed by atoms with Crippen LogP contribution < -0.4 is 5.32 Å². The Labute approximate surface area is 82.8 Å². The lowest BCUT2D eigenvalue weighted by Gasteiger charge is -2.22. The highest BCUT2D eigenvalue weighted by atomic mass is 16.4. The molecule has 0 aliphatic heterocycles. The van der Waals surface area contributed by atoms with E-state index >= 15 is 0 Å². The molecule has 14 heavy (non-hydrogen) atoms. The molecule has 2 rings (SSSR count). The van der Waals surface area contributed by atoms with E-state index in [1.54, 1.807) is 7.05 Å².